The smallest absolute Gasteiger partial charge is 0.295 e. The molecule has 1 saturated heterocycles. The van der Waals surface area contributed by atoms with Crippen molar-refractivity contribution >= 4 is 36.9 Å². The first-order valence-corrected chi connectivity index (χ1v) is 22.9. The molecule has 0 radical (unpaired) electrons. The monoisotopic (exact) mass is 806 g/mol. The van der Waals surface area contributed by atoms with Crippen LogP contribution in [-0.4, -0.2) is 61.6 Å². The summed E-state index contributed by atoms with van der Waals surface area (Å²) in [6.07, 6.45) is 9.55. The molecule has 57 heavy (non-hydrogen) atoms. The fourth-order valence-electron chi connectivity index (χ4n) is 8.74. The molecule has 6 rings (SSSR count). The summed E-state index contributed by atoms with van der Waals surface area (Å²) >= 11 is 0. The molecular formula is C47H56N3O5S2+. The molecule has 0 saturated carbocycles. The minimum Gasteiger partial charge on any atom is -0.367 e. The molecule has 1 fully saturated rings. The molecule has 0 atom stereocenters. The normalized spacial score (nSPS) is 16.8. The van der Waals surface area contributed by atoms with E-state index in [-0.39, 0.29) is 27.6 Å². The number of nitrogens with one attached hydrogen (secondary N) is 1. The minimum absolute atomic E-state index is 0.0605. The molecule has 1 heterocycles. The summed E-state index contributed by atoms with van der Waals surface area (Å²) in [6, 6.07) is 32.2. The molecule has 2 N–H and O–H groups in total. The second kappa shape index (κ2) is 17.1. The molecule has 1 aliphatic heterocycles. The van der Waals surface area contributed by atoms with Gasteiger partial charge in [0.15, 0.2) is 22.1 Å². The van der Waals surface area contributed by atoms with Crippen LogP contribution in [0.5, 0.6) is 0 Å². The third-order valence-electron chi connectivity index (χ3n) is 10.8. The molecule has 2 aliphatic rings. The van der Waals surface area contributed by atoms with Crippen molar-refractivity contribution in [1.29, 1.82) is 0 Å². The van der Waals surface area contributed by atoms with Gasteiger partial charge in [0.05, 0.1) is 10.6 Å². The zero-order valence-electron chi connectivity index (χ0n) is 33.9. The Morgan fingerprint density at radius 2 is 1.39 bits per heavy atom. The minimum atomic E-state index is -4.53. The van der Waals surface area contributed by atoms with Crippen LogP contribution in [-0.2, 0) is 33.0 Å². The van der Waals surface area contributed by atoms with Crippen molar-refractivity contribution in [2.45, 2.75) is 88.3 Å². The van der Waals surface area contributed by atoms with Gasteiger partial charge < -0.3 is 10.2 Å². The maximum atomic E-state index is 13.8. The second-order valence-electron chi connectivity index (χ2n) is 16.5. The molecule has 10 heteroatoms. The van der Waals surface area contributed by atoms with Crippen LogP contribution in [0.3, 0.4) is 0 Å². The molecular weight excluding hydrogens is 751 g/mol. The van der Waals surface area contributed by atoms with Crippen molar-refractivity contribution in [3.8, 4) is 0 Å². The fraction of sp³-hybridized carbons (Fsp3) is 0.340. The summed E-state index contributed by atoms with van der Waals surface area (Å²) in [5, 5.41) is 3.65. The Morgan fingerprint density at radius 1 is 0.772 bits per heavy atom. The van der Waals surface area contributed by atoms with Gasteiger partial charge in [-0.25, -0.2) is 13.0 Å². The second-order valence-corrected chi connectivity index (χ2v) is 20.0. The predicted molar refractivity (Wildman–Crippen MR) is 232 cm³/mol. The highest BCUT2D eigenvalue weighted by molar-refractivity contribution is 7.91. The Morgan fingerprint density at radius 3 is 2.00 bits per heavy atom. The van der Waals surface area contributed by atoms with Crippen molar-refractivity contribution in [3.63, 3.8) is 0 Å². The van der Waals surface area contributed by atoms with Crippen LogP contribution in [0.2, 0.25) is 0 Å². The van der Waals surface area contributed by atoms with Crippen LogP contribution >= 0.6 is 0 Å². The first kappa shape index (κ1) is 42.0. The molecule has 1 aliphatic carbocycles. The summed E-state index contributed by atoms with van der Waals surface area (Å²) in [4.78, 5) is 2.47. The van der Waals surface area contributed by atoms with E-state index < -0.39 is 20.0 Å². The van der Waals surface area contributed by atoms with Crippen LogP contribution in [0.25, 0.3) is 5.57 Å². The molecule has 0 bridgehead atoms. The highest BCUT2D eigenvalue weighted by Gasteiger charge is 2.39. The Bertz CT molecular complexity index is 2400. The van der Waals surface area contributed by atoms with Gasteiger partial charge in [0, 0.05) is 53.1 Å². The average molecular weight is 807 g/mol. The van der Waals surface area contributed by atoms with E-state index in [0.717, 1.165) is 54.0 Å². The van der Waals surface area contributed by atoms with Gasteiger partial charge in [-0.05, 0) is 125 Å². The van der Waals surface area contributed by atoms with Crippen LogP contribution in [0.4, 0.5) is 5.69 Å². The number of hydrogen-bond acceptors (Lipinski definition) is 6. The molecule has 0 unspecified atom stereocenters. The maximum absolute atomic E-state index is 13.8. The molecule has 0 amide bonds. The van der Waals surface area contributed by atoms with E-state index in [1.54, 1.807) is 24.3 Å². The first-order chi connectivity index (χ1) is 27.0. The van der Waals surface area contributed by atoms with Crippen LogP contribution in [0.15, 0.2) is 143 Å². The third kappa shape index (κ3) is 10.5. The van der Waals surface area contributed by atoms with Crippen molar-refractivity contribution < 1.29 is 26.0 Å². The number of benzene rings is 4. The Hall–Kier alpha value is -4.61. The van der Waals surface area contributed by atoms with E-state index in [4.69, 9.17) is 0 Å². The number of hydrogen-bond donors (Lipinski definition) is 2. The number of allylic oxidation sites excluding steroid dienone is 5. The average Bonchev–Trinajstić information content (AvgIpc) is 3.16. The molecule has 8 nitrogen and oxygen atoms in total. The van der Waals surface area contributed by atoms with Gasteiger partial charge in [0.1, 0.15) is 11.4 Å². The van der Waals surface area contributed by atoms with Crippen molar-refractivity contribution in [1.82, 2.24) is 5.32 Å². The summed E-state index contributed by atoms with van der Waals surface area (Å²) in [5.41, 5.74) is 6.48. The van der Waals surface area contributed by atoms with Gasteiger partial charge in [-0.1, -0.05) is 72.8 Å². The number of rotatable bonds is 13. The van der Waals surface area contributed by atoms with Crippen LogP contribution in [0, 0.1) is 5.92 Å². The standard InChI is InChI=1S/C47H55N3O5S2/c1-7-49(32-35-15-10-9-11-16-35)40-25-21-38(22-26-40)45(43-19-12-13-20-44(43)57(53,54)55)39-23-27-41(28-24-39)50(8-2)33-36-17-14-18-42(29-36)56(51,52)34-37-30-46(3,4)48-47(5,6)31-37/h9-29,37,48H,7-8,30-34H2,1-6H3/p+1. The summed E-state index contributed by atoms with van der Waals surface area (Å²) in [6.45, 7) is 15.5. The van der Waals surface area contributed by atoms with E-state index in [1.165, 1.54) is 11.6 Å². The quantitative estimate of drug-likeness (QED) is 0.103. The van der Waals surface area contributed by atoms with E-state index >= 15 is 0 Å². The number of anilines is 1. The van der Waals surface area contributed by atoms with Gasteiger partial charge in [-0.3, -0.25) is 4.55 Å². The Balaban J connectivity index is 1.30. The van der Waals surface area contributed by atoms with Gasteiger partial charge in [0.2, 0.25) is 0 Å². The molecule has 0 spiro atoms. The van der Waals surface area contributed by atoms with E-state index in [1.807, 2.05) is 85.0 Å². The van der Waals surface area contributed by atoms with Crippen molar-refractivity contribution in [2.75, 3.05) is 23.7 Å². The zero-order valence-corrected chi connectivity index (χ0v) is 35.6. The highest BCUT2D eigenvalue weighted by Crippen LogP contribution is 2.36. The van der Waals surface area contributed by atoms with Crippen LogP contribution in [0.1, 0.15) is 76.6 Å². The van der Waals surface area contributed by atoms with E-state index in [2.05, 4.69) is 68.5 Å². The van der Waals surface area contributed by atoms with Gasteiger partial charge >= 0.3 is 0 Å². The van der Waals surface area contributed by atoms with E-state index in [0.29, 0.717) is 29.1 Å². The Labute approximate surface area is 340 Å². The fourth-order valence-corrected chi connectivity index (χ4v) is 11.1. The third-order valence-corrected chi connectivity index (χ3v) is 13.6. The van der Waals surface area contributed by atoms with Gasteiger partial charge in [-0.15, -0.1) is 0 Å². The Kier molecular flexibility index (Phi) is 12.6. The zero-order chi connectivity index (χ0) is 41.0. The SMILES string of the molecule is CCN(Cc1ccccc1)c1ccc(C(=C2C=CC(=[N+](CC)Cc3cccc(S(=O)(=O)CC4CC(C)(C)NC(C)(C)C4)c3)C=C2)c2ccccc2S(=O)(=O)O)cc1. The summed E-state index contributed by atoms with van der Waals surface area (Å²) in [7, 11) is -8.04. The molecule has 4 aromatic rings. The predicted octanol–water partition coefficient (Wildman–Crippen LogP) is 8.89. The molecule has 4 aromatic carbocycles. The lowest BCUT2D eigenvalue weighted by Gasteiger charge is -2.46. The van der Waals surface area contributed by atoms with E-state index in [9.17, 15) is 21.4 Å². The lowest BCUT2D eigenvalue weighted by molar-refractivity contribution is -0.539. The summed E-state index contributed by atoms with van der Waals surface area (Å²) < 4.78 is 65.3. The highest BCUT2D eigenvalue weighted by atomic mass is 32.2. The lowest BCUT2D eigenvalue weighted by Crippen LogP contribution is -2.58. The number of piperidine rings is 1. The van der Waals surface area contributed by atoms with Crippen LogP contribution < -0.4 is 10.2 Å². The first-order valence-electron chi connectivity index (χ1n) is 19.8. The van der Waals surface area contributed by atoms with Crippen molar-refractivity contribution in [3.05, 3.63) is 155 Å². The molecule has 0 aromatic heterocycles. The van der Waals surface area contributed by atoms with Gasteiger partial charge in [0.25, 0.3) is 10.1 Å². The number of sulfone groups is 1. The van der Waals surface area contributed by atoms with Crippen molar-refractivity contribution in [2.24, 2.45) is 5.92 Å². The summed E-state index contributed by atoms with van der Waals surface area (Å²) in [5.74, 6) is 0.182. The topological polar surface area (TPSA) is 107 Å². The molecule has 300 valence electrons. The lowest BCUT2D eigenvalue weighted by atomic mass is 9.77. The van der Waals surface area contributed by atoms with Gasteiger partial charge in [-0.2, -0.15) is 8.42 Å². The maximum Gasteiger partial charge on any atom is 0.295 e. The largest absolute Gasteiger partial charge is 0.367 e. The number of nitrogens with zero attached hydrogens (tertiary/aromatic N) is 2.